The van der Waals surface area contributed by atoms with Gasteiger partial charge in [-0.15, -0.1) is 24.8 Å². The Hall–Kier alpha value is -2.19. The van der Waals surface area contributed by atoms with Gasteiger partial charge in [0.1, 0.15) is 0 Å². The van der Waals surface area contributed by atoms with E-state index in [9.17, 15) is 4.79 Å². The second-order valence-corrected chi connectivity index (χ2v) is 9.91. The number of piperazine rings is 1. The number of unbranched alkanes of at least 4 members (excludes halogenated alkanes) is 3. The topological polar surface area (TPSA) is 54.5 Å². The van der Waals surface area contributed by atoms with Crippen LogP contribution < -0.4 is 14.2 Å². The summed E-state index contributed by atoms with van der Waals surface area (Å²) in [7, 11) is 3.33. The highest BCUT2D eigenvalue weighted by Gasteiger charge is 2.22. The first-order chi connectivity index (χ1) is 18.6. The lowest BCUT2D eigenvalue weighted by atomic mass is 10.1. The van der Waals surface area contributed by atoms with Gasteiger partial charge in [0.2, 0.25) is 11.7 Å². The molecule has 40 heavy (non-hydrogen) atoms. The third-order valence-electron chi connectivity index (χ3n) is 7.34. The van der Waals surface area contributed by atoms with Gasteiger partial charge in [-0.1, -0.05) is 49.2 Å². The van der Waals surface area contributed by atoms with E-state index in [0.29, 0.717) is 24.5 Å². The van der Waals surface area contributed by atoms with E-state index in [4.69, 9.17) is 14.2 Å². The van der Waals surface area contributed by atoms with Crippen molar-refractivity contribution in [3.63, 3.8) is 0 Å². The molecule has 7 nitrogen and oxygen atoms in total. The largest absolute Gasteiger partial charge is 0.493 e. The van der Waals surface area contributed by atoms with Crippen LogP contribution in [0.25, 0.3) is 0 Å². The van der Waals surface area contributed by atoms with Crippen molar-refractivity contribution in [3.8, 4) is 17.2 Å². The van der Waals surface area contributed by atoms with Crippen LogP contribution >= 0.6 is 24.8 Å². The minimum absolute atomic E-state index is 0. The number of halogens is 2. The van der Waals surface area contributed by atoms with Gasteiger partial charge in [0.05, 0.1) is 20.8 Å². The fraction of sp³-hybridized carbons (Fsp3) is 0.581. The second-order valence-electron chi connectivity index (χ2n) is 9.91. The summed E-state index contributed by atoms with van der Waals surface area (Å²) in [5.74, 6) is 2.40. The van der Waals surface area contributed by atoms with E-state index in [-0.39, 0.29) is 30.7 Å². The van der Waals surface area contributed by atoms with Crippen molar-refractivity contribution in [2.45, 2.75) is 59.0 Å². The lowest BCUT2D eigenvalue weighted by Crippen LogP contribution is -2.45. The second kappa shape index (κ2) is 19.8. The van der Waals surface area contributed by atoms with Gasteiger partial charge in [-0.05, 0) is 38.3 Å². The summed E-state index contributed by atoms with van der Waals surface area (Å²) in [5.41, 5.74) is 2.50. The zero-order valence-electron chi connectivity index (χ0n) is 24.7. The first-order valence-electron chi connectivity index (χ1n) is 14.2. The summed E-state index contributed by atoms with van der Waals surface area (Å²) >= 11 is 0. The molecule has 1 amide bonds. The van der Waals surface area contributed by atoms with Crippen LogP contribution in [0.4, 0.5) is 0 Å². The quantitative estimate of drug-likeness (QED) is 0.219. The zero-order valence-corrected chi connectivity index (χ0v) is 26.4. The van der Waals surface area contributed by atoms with Crippen molar-refractivity contribution in [2.24, 2.45) is 0 Å². The Labute approximate surface area is 254 Å². The van der Waals surface area contributed by atoms with Crippen LogP contribution in [0, 0.1) is 0 Å². The van der Waals surface area contributed by atoms with Crippen LogP contribution in [0.2, 0.25) is 0 Å². The summed E-state index contributed by atoms with van der Waals surface area (Å²) < 4.78 is 17.6. The highest BCUT2D eigenvalue weighted by atomic mass is 35.5. The minimum atomic E-state index is 0. The standard InChI is InChI=1S/C31H47N3O4.2ClH/c1-5-34(6-2)29(35)16-12-7-8-13-23-38-30-27(17-18-28(36-3)31(30)37-4)25-33-21-19-32(20-22-33)24-26-14-10-9-11-15-26;;/h9-11,14-15,17-18H,5-8,12-13,16,19-25H2,1-4H3;2*1H. The fourth-order valence-electron chi connectivity index (χ4n) is 5.05. The maximum absolute atomic E-state index is 12.2. The van der Waals surface area contributed by atoms with E-state index in [1.165, 1.54) is 5.56 Å². The molecule has 2 aromatic carbocycles. The van der Waals surface area contributed by atoms with Gasteiger partial charge in [-0.2, -0.15) is 0 Å². The van der Waals surface area contributed by atoms with Gasteiger partial charge in [0.15, 0.2) is 11.5 Å². The van der Waals surface area contributed by atoms with Crippen molar-refractivity contribution in [3.05, 3.63) is 53.6 Å². The van der Waals surface area contributed by atoms with Crippen molar-refractivity contribution in [2.75, 3.05) is 60.1 Å². The number of carbonyl (C=O) groups excluding carboxylic acids is 1. The molecule has 0 radical (unpaired) electrons. The molecular weight excluding hydrogens is 549 g/mol. The first kappa shape index (κ1) is 35.8. The van der Waals surface area contributed by atoms with Crippen LogP contribution in [-0.2, 0) is 17.9 Å². The summed E-state index contributed by atoms with van der Waals surface area (Å²) in [6.45, 7) is 12.2. The van der Waals surface area contributed by atoms with Gasteiger partial charge < -0.3 is 19.1 Å². The van der Waals surface area contributed by atoms with Crippen LogP contribution in [0.15, 0.2) is 42.5 Å². The molecule has 0 saturated carbocycles. The highest BCUT2D eigenvalue weighted by Crippen LogP contribution is 2.40. The van der Waals surface area contributed by atoms with E-state index < -0.39 is 0 Å². The third-order valence-corrected chi connectivity index (χ3v) is 7.34. The molecule has 1 heterocycles. The predicted octanol–water partition coefficient (Wildman–Crippen LogP) is 6.06. The van der Waals surface area contributed by atoms with Crippen molar-refractivity contribution >= 4 is 30.7 Å². The molecule has 1 fully saturated rings. The molecule has 0 bridgehead atoms. The van der Waals surface area contributed by atoms with E-state index in [1.54, 1.807) is 14.2 Å². The summed E-state index contributed by atoms with van der Waals surface area (Å²) in [4.78, 5) is 19.1. The number of benzene rings is 2. The average molecular weight is 599 g/mol. The molecular formula is C31H49Cl2N3O4. The Morgan fingerprint density at radius 2 is 1.40 bits per heavy atom. The van der Waals surface area contributed by atoms with E-state index in [0.717, 1.165) is 89.4 Å². The van der Waals surface area contributed by atoms with Crippen LogP contribution in [0.5, 0.6) is 17.2 Å². The molecule has 0 N–H and O–H groups in total. The molecule has 0 atom stereocenters. The van der Waals surface area contributed by atoms with Crippen molar-refractivity contribution in [1.82, 2.24) is 14.7 Å². The van der Waals surface area contributed by atoms with E-state index in [1.807, 2.05) is 24.8 Å². The molecule has 1 saturated heterocycles. The van der Waals surface area contributed by atoms with Crippen LogP contribution in [0.3, 0.4) is 0 Å². The Bertz CT molecular complexity index is 969. The molecule has 0 aliphatic carbocycles. The molecule has 0 unspecified atom stereocenters. The first-order valence-corrected chi connectivity index (χ1v) is 14.2. The number of methoxy groups -OCH3 is 2. The SMILES string of the molecule is CCN(CC)C(=O)CCCCCCOc1c(CN2CCN(Cc3ccccc3)CC2)ccc(OC)c1OC.Cl.Cl. The van der Waals surface area contributed by atoms with Crippen molar-refractivity contribution in [1.29, 1.82) is 0 Å². The number of ether oxygens (including phenoxy) is 3. The van der Waals surface area contributed by atoms with Crippen LogP contribution in [0.1, 0.15) is 57.1 Å². The predicted molar refractivity (Wildman–Crippen MR) is 168 cm³/mol. The number of carbonyl (C=O) groups is 1. The Morgan fingerprint density at radius 3 is 2.00 bits per heavy atom. The summed E-state index contributed by atoms with van der Waals surface area (Å²) in [5, 5.41) is 0. The minimum Gasteiger partial charge on any atom is -0.493 e. The average Bonchev–Trinajstić information content (AvgIpc) is 2.95. The monoisotopic (exact) mass is 597 g/mol. The Morgan fingerprint density at radius 1 is 0.775 bits per heavy atom. The molecule has 1 aliphatic rings. The summed E-state index contributed by atoms with van der Waals surface area (Å²) in [6.07, 6.45) is 4.58. The van der Waals surface area contributed by atoms with Crippen molar-refractivity contribution < 1.29 is 19.0 Å². The fourth-order valence-corrected chi connectivity index (χ4v) is 5.05. The van der Waals surface area contributed by atoms with Gasteiger partial charge in [0, 0.05) is 64.3 Å². The van der Waals surface area contributed by atoms with Gasteiger partial charge in [-0.25, -0.2) is 0 Å². The smallest absolute Gasteiger partial charge is 0.222 e. The number of amides is 1. The number of hydrogen-bond donors (Lipinski definition) is 0. The molecule has 0 spiro atoms. The number of hydrogen-bond acceptors (Lipinski definition) is 6. The lowest BCUT2D eigenvalue weighted by molar-refractivity contribution is -0.130. The third kappa shape index (κ3) is 11.0. The molecule has 9 heteroatoms. The van der Waals surface area contributed by atoms with Crippen LogP contribution in [-0.4, -0.2) is 80.7 Å². The maximum Gasteiger partial charge on any atom is 0.222 e. The summed E-state index contributed by atoms with van der Waals surface area (Å²) in [6, 6.07) is 14.8. The molecule has 226 valence electrons. The Balaban J connectivity index is 0.00000400. The lowest BCUT2D eigenvalue weighted by Gasteiger charge is -2.35. The number of rotatable bonds is 16. The zero-order chi connectivity index (χ0) is 27.2. The Kier molecular flexibility index (Phi) is 17.8. The van der Waals surface area contributed by atoms with Gasteiger partial charge in [0.25, 0.3) is 0 Å². The van der Waals surface area contributed by atoms with E-state index in [2.05, 4.69) is 46.2 Å². The molecule has 0 aromatic heterocycles. The molecule has 2 aromatic rings. The number of nitrogens with zero attached hydrogens (tertiary/aromatic N) is 3. The van der Waals surface area contributed by atoms with Gasteiger partial charge >= 0.3 is 0 Å². The molecule has 1 aliphatic heterocycles. The molecule has 3 rings (SSSR count). The van der Waals surface area contributed by atoms with Gasteiger partial charge in [-0.3, -0.25) is 14.6 Å². The normalized spacial score (nSPS) is 13.6. The maximum atomic E-state index is 12.2. The van der Waals surface area contributed by atoms with E-state index >= 15 is 0 Å². The highest BCUT2D eigenvalue weighted by molar-refractivity contribution is 5.85.